The lowest BCUT2D eigenvalue weighted by Crippen LogP contribution is -2.63. The highest BCUT2D eigenvalue weighted by molar-refractivity contribution is 6.14. The van der Waals surface area contributed by atoms with Crippen LogP contribution in [0.1, 0.15) is 57.8 Å². The normalized spacial score (nSPS) is 17.7. The summed E-state index contributed by atoms with van der Waals surface area (Å²) in [5.41, 5.74) is -2.88. The Morgan fingerprint density at radius 3 is 2.23 bits per heavy atom. The number of hydrogen-bond donors (Lipinski definition) is 1. The highest BCUT2D eigenvalue weighted by Gasteiger charge is 2.45. The third-order valence-corrected chi connectivity index (χ3v) is 9.03. The van der Waals surface area contributed by atoms with Gasteiger partial charge in [0.2, 0.25) is 5.91 Å². The Morgan fingerprint density at radius 2 is 1.65 bits per heavy atom. The number of carbonyl (C=O) groups is 2. The van der Waals surface area contributed by atoms with Crippen LogP contribution in [0.2, 0.25) is 0 Å². The molecule has 2 unspecified atom stereocenters. The summed E-state index contributed by atoms with van der Waals surface area (Å²) in [5.74, 6) is -6.53. The summed E-state index contributed by atoms with van der Waals surface area (Å²) in [6.07, 6.45) is 2.45. The van der Waals surface area contributed by atoms with Crippen LogP contribution in [0.5, 0.6) is 5.75 Å². The van der Waals surface area contributed by atoms with Crippen LogP contribution in [-0.4, -0.2) is 73.6 Å². The smallest absolute Gasteiger partial charge is 0.354 e. The van der Waals surface area contributed by atoms with E-state index in [1.807, 2.05) is 27.7 Å². The number of likely N-dealkylation sites (N-methyl/N-ethyl adjacent to an activating group) is 1. The molecule has 4 heterocycles. The van der Waals surface area contributed by atoms with Gasteiger partial charge in [-0.2, -0.15) is 4.98 Å². The average molecular weight is 662 g/mol. The van der Waals surface area contributed by atoms with E-state index in [2.05, 4.69) is 21.5 Å². The zero-order valence-electron chi connectivity index (χ0n) is 27.3. The SMILES string of the molecule is C=CC(=O)N1CC2C(=O)N(C)c3c(F)c(-c4c(O)cccc4F)c(F)c4c3c(nc(=O)n4-c3c(C(C)C)ncnc3C(C)C)N2CC1C. The highest BCUT2D eigenvalue weighted by Crippen LogP contribution is 2.48. The van der Waals surface area contributed by atoms with Gasteiger partial charge < -0.3 is 19.8 Å². The predicted molar refractivity (Wildman–Crippen MR) is 174 cm³/mol. The quantitative estimate of drug-likeness (QED) is 0.303. The number of aromatic nitrogens is 4. The van der Waals surface area contributed by atoms with E-state index in [1.165, 1.54) is 29.2 Å². The van der Waals surface area contributed by atoms with Crippen molar-refractivity contribution in [2.24, 2.45) is 0 Å². The van der Waals surface area contributed by atoms with Gasteiger partial charge in [-0.05, 0) is 37.0 Å². The molecular weight excluding hydrogens is 627 g/mol. The minimum Gasteiger partial charge on any atom is -0.507 e. The molecule has 2 amide bonds. The van der Waals surface area contributed by atoms with Crippen molar-refractivity contribution in [3.63, 3.8) is 0 Å². The molecule has 4 aromatic rings. The maximum atomic E-state index is 17.4. The molecule has 2 aliphatic rings. The van der Waals surface area contributed by atoms with Gasteiger partial charge in [0.1, 0.15) is 35.3 Å². The molecule has 250 valence electrons. The minimum atomic E-state index is -1.37. The molecule has 0 spiro atoms. The van der Waals surface area contributed by atoms with Crippen LogP contribution in [0, 0.1) is 17.5 Å². The Hall–Kier alpha value is -5.27. The number of hydrogen-bond acceptors (Lipinski definition) is 8. The number of benzene rings is 2. The van der Waals surface area contributed by atoms with Gasteiger partial charge in [0.05, 0.1) is 45.8 Å². The first kappa shape index (κ1) is 32.7. The molecule has 0 radical (unpaired) electrons. The van der Waals surface area contributed by atoms with Gasteiger partial charge in [0.25, 0.3) is 5.91 Å². The number of aromatic hydroxyl groups is 1. The van der Waals surface area contributed by atoms with Crippen LogP contribution in [0.4, 0.5) is 24.7 Å². The summed E-state index contributed by atoms with van der Waals surface area (Å²) in [6.45, 7) is 12.4. The summed E-state index contributed by atoms with van der Waals surface area (Å²) in [5, 5.41) is 10.5. The Balaban J connectivity index is 1.85. The van der Waals surface area contributed by atoms with Crippen molar-refractivity contribution < 1.29 is 27.9 Å². The molecule has 11 nitrogen and oxygen atoms in total. The number of phenols is 1. The van der Waals surface area contributed by atoms with Crippen molar-refractivity contribution in [3.8, 4) is 22.6 Å². The van der Waals surface area contributed by atoms with E-state index in [0.29, 0.717) is 11.4 Å². The Kier molecular flexibility index (Phi) is 8.00. The summed E-state index contributed by atoms with van der Waals surface area (Å²) in [6, 6.07) is 1.51. The lowest BCUT2D eigenvalue weighted by atomic mass is 9.97. The van der Waals surface area contributed by atoms with Gasteiger partial charge in [0, 0.05) is 19.6 Å². The van der Waals surface area contributed by atoms with E-state index in [1.54, 1.807) is 6.92 Å². The Labute approximate surface area is 274 Å². The van der Waals surface area contributed by atoms with Gasteiger partial charge >= 0.3 is 5.69 Å². The van der Waals surface area contributed by atoms with E-state index in [0.717, 1.165) is 27.7 Å². The van der Waals surface area contributed by atoms with Crippen molar-refractivity contribution in [2.75, 3.05) is 29.9 Å². The monoisotopic (exact) mass is 661 g/mol. The average Bonchev–Trinajstić information content (AvgIpc) is 3.12. The van der Waals surface area contributed by atoms with Crippen LogP contribution >= 0.6 is 0 Å². The van der Waals surface area contributed by atoms with E-state index in [-0.39, 0.29) is 41.8 Å². The molecule has 0 aliphatic carbocycles. The number of rotatable bonds is 5. The fourth-order valence-corrected chi connectivity index (χ4v) is 6.75. The van der Waals surface area contributed by atoms with Crippen LogP contribution in [-0.2, 0) is 9.59 Å². The van der Waals surface area contributed by atoms with Gasteiger partial charge in [0.15, 0.2) is 11.6 Å². The molecule has 6 rings (SSSR count). The first-order chi connectivity index (χ1) is 22.7. The standard InChI is InChI=1S/C34H34F3N7O4/c1-8-21(46)42-13-19-33(47)41(7)29-24-30(26(37)23(25(29)36)22-18(35)10-9-11-20(22)45)44(34(48)40-32(24)43(19)12-17(42)6)31-27(15(2)3)38-14-39-28(31)16(4)5/h8-11,14-17,19,45H,1,12-13H2,2-7H3. The van der Waals surface area contributed by atoms with Gasteiger partial charge in [-0.1, -0.05) is 40.3 Å². The lowest BCUT2D eigenvalue weighted by Gasteiger charge is -2.44. The first-order valence-electron chi connectivity index (χ1n) is 15.5. The molecule has 0 bridgehead atoms. The van der Waals surface area contributed by atoms with E-state index >= 15 is 13.2 Å². The maximum absolute atomic E-state index is 17.4. The van der Waals surface area contributed by atoms with Crippen molar-refractivity contribution in [2.45, 2.75) is 58.5 Å². The fraction of sp³-hybridized carbons (Fsp3) is 0.353. The largest absolute Gasteiger partial charge is 0.507 e. The molecule has 1 saturated heterocycles. The molecular formula is C34H34F3N7O4. The lowest BCUT2D eigenvalue weighted by molar-refractivity contribution is -0.130. The van der Waals surface area contributed by atoms with Gasteiger partial charge in [-0.25, -0.2) is 27.9 Å². The molecule has 2 aromatic heterocycles. The molecule has 2 aliphatic heterocycles. The Morgan fingerprint density at radius 1 is 1.00 bits per heavy atom. The summed E-state index contributed by atoms with van der Waals surface area (Å²) >= 11 is 0. The number of nitrogens with zero attached hydrogens (tertiary/aromatic N) is 7. The number of halogens is 3. The molecule has 48 heavy (non-hydrogen) atoms. The van der Waals surface area contributed by atoms with E-state index in [9.17, 15) is 19.5 Å². The van der Waals surface area contributed by atoms with Crippen LogP contribution in [0.25, 0.3) is 27.7 Å². The molecule has 2 aromatic carbocycles. The molecule has 0 saturated carbocycles. The number of piperazine rings is 1. The number of phenolic OH excluding ortho intramolecular Hbond substituents is 1. The third-order valence-electron chi connectivity index (χ3n) is 9.03. The Bertz CT molecular complexity index is 2050. The number of carbonyl (C=O) groups excluding carboxylic acids is 2. The first-order valence-corrected chi connectivity index (χ1v) is 15.5. The molecule has 1 fully saturated rings. The van der Waals surface area contributed by atoms with Crippen molar-refractivity contribution >= 4 is 34.2 Å². The number of amides is 2. The summed E-state index contributed by atoms with van der Waals surface area (Å²) < 4.78 is 50.9. The van der Waals surface area contributed by atoms with Crippen molar-refractivity contribution in [1.29, 1.82) is 0 Å². The van der Waals surface area contributed by atoms with Crippen LogP contribution in [0.15, 0.2) is 42.0 Å². The number of anilines is 2. The molecule has 14 heteroatoms. The van der Waals surface area contributed by atoms with Crippen LogP contribution in [0.3, 0.4) is 0 Å². The van der Waals surface area contributed by atoms with E-state index in [4.69, 9.17) is 0 Å². The van der Waals surface area contributed by atoms with Gasteiger partial charge in [-0.15, -0.1) is 0 Å². The highest BCUT2D eigenvalue weighted by atomic mass is 19.1. The fourth-order valence-electron chi connectivity index (χ4n) is 6.75. The molecule has 1 N–H and O–H groups in total. The zero-order chi connectivity index (χ0) is 34.9. The second kappa shape index (κ2) is 11.8. The zero-order valence-corrected chi connectivity index (χ0v) is 27.3. The third kappa shape index (κ3) is 4.72. The minimum absolute atomic E-state index is 0.0170. The summed E-state index contributed by atoms with van der Waals surface area (Å²) in [7, 11) is 1.27. The van der Waals surface area contributed by atoms with Crippen molar-refractivity contribution in [1.82, 2.24) is 24.4 Å². The predicted octanol–water partition coefficient (Wildman–Crippen LogP) is 4.78. The maximum Gasteiger partial charge on any atom is 0.354 e. The topological polar surface area (TPSA) is 125 Å². The molecule has 2 atom stereocenters. The van der Waals surface area contributed by atoms with Gasteiger partial charge in [-0.3, -0.25) is 14.2 Å². The van der Waals surface area contributed by atoms with Crippen molar-refractivity contribution in [3.05, 3.63) is 76.5 Å². The van der Waals surface area contributed by atoms with E-state index < -0.39 is 75.1 Å². The second-order valence-electron chi connectivity index (χ2n) is 12.7. The van der Waals surface area contributed by atoms with Crippen LogP contribution < -0.4 is 15.5 Å². The summed E-state index contributed by atoms with van der Waals surface area (Å²) in [4.78, 5) is 58.4. The number of fused-ring (bicyclic) bond motifs is 2. The second-order valence-corrected chi connectivity index (χ2v) is 12.7.